The van der Waals surface area contributed by atoms with Gasteiger partial charge >= 0.3 is 6.09 Å². The molecule has 0 aliphatic heterocycles. The van der Waals surface area contributed by atoms with Crippen molar-refractivity contribution in [3.8, 4) is 0 Å². The number of nitrogens with one attached hydrogen (secondary N) is 1. The number of carbonyl (C=O) groups excluding carboxylic acids is 1. The number of alkyl halides is 1. The van der Waals surface area contributed by atoms with Gasteiger partial charge in [0.1, 0.15) is 6.10 Å². The molecule has 0 radical (unpaired) electrons. The van der Waals surface area contributed by atoms with Gasteiger partial charge in [-0.3, -0.25) is 5.32 Å². The van der Waals surface area contributed by atoms with Gasteiger partial charge in [0.2, 0.25) is 0 Å². The summed E-state index contributed by atoms with van der Waals surface area (Å²) in [5, 5.41) is 5.00. The molecule has 0 saturated heterocycles. The molecule has 21 heavy (non-hydrogen) atoms. The van der Waals surface area contributed by atoms with Crippen molar-refractivity contribution in [1.82, 2.24) is 0 Å². The van der Waals surface area contributed by atoms with Crippen LogP contribution in [-0.2, 0) is 4.74 Å². The number of ether oxygens (including phenoxy) is 1. The third kappa shape index (κ3) is 3.38. The van der Waals surface area contributed by atoms with E-state index in [4.69, 9.17) is 4.74 Å². The molecule has 2 atom stereocenters. The van der Waals surface area contributed by atoms with Gasteiger partial charge in [-0.2, -0.15) is 0 Å². The zero-order chi connectivity index (χ0) is 14.7. The van der Waals surface area contributed by atoms with Gasteiger partial charge in [-0.25, -0.2) is 4.79 Å². The highest BCUT2D eigenvalue weighted by Crippen LogP contribution is 2.28. The van der Waals surface area contributed by atoms with Crippen molar-refractivity contribution in [2.75, 3.05) is 5.32 Å². The number of carbonyl (C=O) groups is 1. The number of fused-ring (bicyclic) bond motifs is 1. The lowest BCUT2D eigenvalue weighted by Crippen LogP contribution is -2.32. The van der Waals surface area contributed by atoms with Gasteiger partial charge in [0.15, 0.2) is 0 Å². The van der Waals surface area contributed by atoms with Crippen molar-refractivity contribution in [2.45, 2.75) is 36.6 Å². The summed E-state index contributed by atoms with van der Waals surface area (Å²) in [4.78, 5) is 12.4. The van der Waals surface area contributed by atoms with Crippen molar-refractivity contribution in [3.63, 3.8) is 0 Å². The van der Waals surface area contributed by atoms with Crippen LogP contribution in [0.15, 0.2) is 42.5 Å². The fraction of sp³-hybridized carbons (Fsp3) is 0.353. The third-order valence-corrected chi connectivity index (χ3v) is 4.95. The second-order valence-corrected chi connectivity index (χ2v) is 6.57. The highest BCUT2D eigenvalue weighted by molar-refractivity contribution is 9.09. The smallest absolute Gasteiger partial charge is 0.411 e. The van der Waals surface area contributed by atoms with Crippen LogP contribution in [0, 0.1) is 0 Å². The van der Waals surface area contributed by atoms with Crippen molar-refractivity contribution in [3.05, 3.63) is 42.5 Å². The first-order valence-electron chi connectivity index (χ1n) is 7.33. The molecule has 3 rings (SSSR count). The maximum absolute atomic E-state index is 12.1. The maximum Gasteiger partial charge on any atom is 0.411 e. The van der Waals surface area contributed by atoms with Crippen LogP contribution in [0.3, 0.4) is 0 Å². The minimum Gasteiger partial charge on any atom is -0.445 e. The van der Waals surface area contributed by atoms with Crippen molar-refractivity contribution >= 4 is 38.5 Å². The summed E-state index contributed by atoms with van der Waals surface area (Å²) in [5.41, 5.74) is 0.792. The first-order valence-corrected chi connectivity index (χ1v) is 8.25. The molecule has 2 aromatic carbocycles. The van der Waals surface area contributed by atoms with E-state index >= 15 is 0 Å². The Bertz CT molecular complexity index is 638. The van der Waals surface area contributed by atoms with Gasteiger partial charge in [0.25, 0.3) is 0 Å². The first-order chi connectivity index (χ1) is 10.2. The Morgan fingerprint density at radius 1 is 1.10 bits per heavy atom. The average Bonchev–Trinajstić information content (AvgIpc) is 2.50. The van der Waals surface area contributed by atoms with E-state index in [1.165, 1.54) is 6.42 Å². The zero-order valence-electron chi connectivity index (χ0n) is 11.7. The standard InChI is InChI=1S/C17H18BrNO2/c18-14-9-3-4-11-16(14)21-17(20)19-15-10-5-7-12-6-1-2-8-13(12)15/h1-2,5-8,10,14,16H,3-4,9,11H2,(H,19,20). The Morgan fingerprint density at radius 2 is 1.86 bits per heavy atom. The van der Waals surface area contributed by atoms with Crippen LogP contribution in [0.4, 0.5) is 10.5 Å². The number of amides is 1. The van der Waals surface area contributed by atoms with E-state index in [0.717, 1.165) is 35.7 Å². The number of rotatable bonds is 2. The Labute approximate surface area is 132 Å². The molecule has 1 N–H and O–H groups in total. The fourth-order valence-corrected chi connectivity index (χ4v) is 3.49. The lowest BCUT2D eigenvalue weighted by molar-refractivity contribution is 0.0919. The minimum absolute atomic E-state index is 0.0336. The molecule has 110 valence electrons. The molecule has 1 saturated carbocycles. The van der Waals surface area contributed by atoms with E-state index in [9.17, 15) is 4.79 Å². The van der Waals surface area contributed by atoms with Gasteiger partial charge < -0.3 is 4.74 Å². The maximum atomic E-state index is 12.1. The van der Waals surface area contributed by atoms with Gasteiger partial charge in [-0.15, -0.1) is 0 Å². The van der Waals surface area contributed by atoms with Crippen LogP contribution < -0.4 is 5.32 Å². The molecule has 1 aliphatic carbocycles. The quantitative estimate of drug-likeness (QED) is 0.768. The Kier molecular flexibility index (Phi) is 4.44. The summed E-state index contributed by atoms with van der Waals surface area (Å²) >= 11 is 3.60. The van der Waals surface area contributed by atoms with E-state index in [2.05, 4.69) is 21.2 Å². The summed E-state index contributed by atoms with van der Waals surface area (Å²) in [6, 6.07) is 13.8. The zero-order valence-corrected chi connectivity index (χ0v) is 13.3. The van der Waals surface area contributed by atoms with Gasteiger partial charge in [0.05, 0.1) is 10.5 Å². The molecular formula is C17H18BrNO2. The van der Waals surface area contributed by atoms with Gasteiger partial charge in [-0.05, 0) is 30.7 Å². The number of benzene rings is 2. The molecule has 0 bridgehead atoms. The second-order valence-electron chi connectivity index (χ2n) is 5.40. The predicted octanol–water partition coefficient (Wildman–Crippen LogP) is 5.09. The SMILES string of the molecule is O=C(Nc1cccc2ccccc12)OC1CCCCC1Br. The van der Waals surface area contributed by atoms with E-state index in [1.54, 1.807) is 0 Å². The highest BCUT2D eigenvalue weighted by atomic mass is 79.9. The monoisotopic (exact) mass is 347 g/mol. The van der Waals surface area contributed by atoms with Crippen LogP contribution in [0.1, 0.15) is 25.7 Å². The molecule has 0 aromatic heterocycles. The van der Waals surface area contributed by atoms with Gasteiger partial charge in [-0.1, -0.05) is 58.7 Å². The van der Waals surface area contributed by atoms with Crippen LogP contribution in [-0.4, -0.2) is 17.0 Å². The molecule has 4 heteroatoms. The summed E-state index contributed by atoms with van der Waals surface area (Å²) in [5.74, 6) is 0. The second kappa shape index (κ2) is 6.48. The summed E-state index contributed by atoms with van der Waals surface area (Å²) < 4.78 is 5.56. The van der Waals surface area contributed by atoms with Crippen LogP contribution >= 0.6 is 15.9 Å². The van der Waals surface area contributed by atoms with Crippen LogP contribution in [0.5, 0.6) is 0 Å². The molecule has 0 spiro atoms. The predicted molar refractivity (Wildman–Crippen MR) is 89.0 cm³/mol. The molecule has 1 aliphatic rings. The molecular weight excluding hydrogens is 330 g/mol. The third-order valence-electron chi connectivity index (χ3n) is 3.91. The molecule has 2 unspecified atom stereocenters. The molecule has 0 heterocycles. The molecule has 1 amide bonds. The van der Waals surface area contributed by atoms with Crippen LogP contribution in [0.2, 0.25) is 0 Å². The molecule has 1 fully saturated rings. The Balaban J connectivity index is 1.71. The van der Waals surface area contributed by atoms with Crippen molar-refractivity contribution in [1.29, 1.82) is 0 Å². The van der Waals surface area contributed by atoms with E-state index in [-0.39, 0.29) is 17.0 Å². The first kappa shape index (κ1) is 14.4. The summed E-state index contributed by atoms with van der Waals surface area (Å²) in [6.07, 6.45) is 3.90. The van der Waals surface area contributed by atoms with Crippen LogP contribution in [0.25, 0.3) is 10.8 Å². The largest absolute Gasteiger partial charge is 0.445 e. The Hall–Kier alpha value is -1.55. The average molecular weight is 348 g/mol. The minimum atomic E-state index is -0.372. The van der Waals surface area contributed by atoms with Crippen molar-refractivity contribution in [2.24, 2.45) is 0 Å². The number of hydrogen-bond donors (Lipinski definition) is 1. The lowest BCUT2D eigenvalue weighted by Gasteiger charge is -2.27. The molecule has 2 aromatic rings. The fourth-order valence-electron chi connectivity index (χ4n) is 2.80. The number of anilines is 1. The number of halogens is 1. The summed E-state index contributed by atoms with van der Waals surface area (Å²) in [7, 11) is 0. The van der Waals surface area contributed by atoms with E-state index < -0.39 is 0 Å². The Morgan fingerprint density at radius 3 is 2.71 bits per heavy atom. The molecule has 3 nitrogen and oxygen atoms in total. The normalized spacial score (nSPS) is 22.0. The van der Waals surface area contributed by atoms with Gasteiger partial charge in [0, 0.05) is 5.39 Å². The number of hydrogen-bond acceptors (Lipinski definition) is 2. The van der Waals surface area contributed by atoms with E-state index in [0.29, 0.717) is 0 Å². The lowest BCUT2D eigenvalue weighted by atomic mass is 9.98. The highest BCUT2D eigenvalue weighted by Gasteiger charge is 2.26. The summed E-state index contributed by atoms with van der Waals surface area (Å²) in [6.45, 7) is 0. The van der Waals surface area contributed by atoms with E-state index in [1.807, 2.05) is 42.5 Å². The van der Waals surface area contributed by atoms with Crippen molar-refractivity contribution < 1.29 is 9.53 Å². The topological polar surface area (TPSA) is 38.3 Å².